The van der Waals surface area contributed by atoms with Crippen molar-refractivity contribution in [3.05, 3.63) is 0 Å². The highest BCUT2D eigenvalue weighted by Crippen LogP contribution is 2.04. The van der Waals surface area contributed by atoms with Crippen molar-refractivity contribution in [1.29, 1.82) is 0 Å². The summed E-state index contributed by atoms with van der Waals surface area (Å²) >= 11 is 0. The van der Waals surface area contributed by atoms with Gasteiger partial charge in [-0.3, -0.25) is 28.8 Å². The van der Waals surface area contributed by atoms with Gasteiger partial charge in [0, 0.05) is 6.42 Å². The third-order valence-electron chi connectivity index (χ3n) is 4.57. The zero-order valence-electron chi connectivity index (χ0n) is 18.3. The van der Waals surface area contributed by atoms with Crippen LogP contribution in [0.3, 0.4) is 0 Å². The topological polar surface area (TPSA) is 231 Å². The van der Waals surface area contributed by atoms with Crippen LogP contribution in [0.15, 0.2) is 0 Å². The summed E-state index contributed by atoms with van der Waals surface area (Å²) in [5.74, 6) is -5.56. The third-order valence-corrected chi connectivity index (χ3v) is 4.57. The van der Waals surface area contributed by atoms with Crippen LogP contribution in [-0.4, -0.2) is 76.4 Å². The molecule has 32 heavy (non-hydrogen) atoms. The molecule has 0 aliphatic rings. The van der Waals surface area contributed by atoms with E-state index in [1.54, 1.807) is 0 Å². The van der Waals surface area contributed by atoms with E-state index in [1.807, 2.05) is 0 Å². The number of ketones is 1. The molecule has 182 valence electrons. The van der Waals surface area contributed by atoms with Crippen LogP contribution in [0.5, 0.6) is 0 Å². The van der Waals surface area contributed by atoms with Crippen molar-refractivity contribution in [3.63, 3.8) is 0 Å². The quantitative estimate of drug-likeness (QED) is 0.124. The second kappa shape index (κ2) is 14.9. The maximum Gasteiger partial charge on any atom is 0.305 e. The summed E-state index contributed by atoms with van der Waals surface area (Å²) in [6.07, 6.45) is -0.0594. The van der Waals surface area contributed by atoms with Gasteiger partial charge in [-0.25, -0.2) is 0 Å². The molecule has 0 aromatic carbocycles. The first-order chi connectivity index (χ1) is 14.9. The van der Waals surface area contributed by atoms with Crippen LogP contribution >= 0.6 is 0 Å². The van der Waals surface area contributed by atoms with Gasteiger partial charge in [0.25, 0.3) is 0 Å². The van der Waals surface area contributed by atoms with Crippen molar-refractivity contribution in [2.75, 3.05) is 6.54 Å². The second-order valence-electron chi connectivity index (χ2n) is 7.38. The minimum absolute atomic E-state index is 0.295. The molecule has 0 spiro atoms. The Balaban J connectivity index is 5.35. The minimum atomic E-state index is -1.55. The maximum absolute atomic E-state index is 12.7. The van der Waals surface area contributed by atoms with Crippen molar-refractivity contribution in [2.45, 2.75) is 76.5 Å². The van der Waals surface area contributed by atoms with Gasteiger partial charge in [-0.15, -0.1) is 0 Å². The second-order valence-corrected chi connectivity index (χ2v) is 7.38. The lowest BCUT2D eigenvalue weighted by atomic mass is 10.1. The molecule has 0 aromatic rings. The number of carbonyl (C=O) groups is 6. The number of carboxylic acid groups (broad SMARTS) is 2. The van der Waals surface area contributed by atoms with Gasteiger partial charge < -0.3 is 37.6 Å². The Hall–Kier alpha value is -3.06. The largest absolute Gasteiger partial charge is 0.481 e. The zero-order valence-corrected chi connectivity index (χ0v) is 18.3. The number of carboxylic acids is 2. The number of Topliss-reactive ketones (excluding diaryl/α,β-unsaturated/α-hetero) is 1. The molecule has 0 fully saturated rings. The van der Waals surface area contributed by atoms with Crippen LogP contribution in [0.4, 0.5) is 0 Å². The number of nitrogens with one attached hydrogen (secondary N) is 3. The van der Waals surface area contributed by atoms with Crippen LogP contribution < -0.4 is 27.4 Å². The molecule has 4 atom stereocenters. The van der Waals surface area contributed by atoms with Crippen LogP contribution in [0.25, 0.3) is 0 Å². The molecule has 0 saturated carbocycles. The summed E-state index contributed by atoms with van der Waals surface area (Å²) in [4.78, 5) is 70.7. The van der Waals surface area contributed by atoms with Crippen LogP contribution in [-0.2, 0) is 28.8 Å². The molecule has 0 rings (SSSR count). The SMILES string of the molecule is CC(=O)C(C)NC(=O)C(CC(=O)O)NC(=O)C(CCC(=O)O)NC(=O)C(N)CCCCN. The van der Waals surface area contributed by atoms with Gasteiger partial charge in [-0.2, -0.15) is 0 Å². The van der Waals surface area contributed by atoms with E-state index >= 15 is 0 Å². The molecule has 13 nitrogen and oxygen atoms in total. The number of unbranched alkanes of at least 4 members (excludes halogenated alkanes) is 1. The van der Waals surface area contributed by atoms with E-state index in [0.29, 0.717) is 25.8 Å². The van der Waals surface area contributed by atoms with Gasteiger partial charge >= 0.3 is 11.9 Å². The average Bonchev–Trinajstić information content (AvgIpc) is 2.69. The zero-order chi connectivity index (χ0) is 24.8. The van der Waals surface area contributed by atoms with Gasteiger partial charge in [-0.1, -0.05) is 6.42 Å². The lowest BCUT2D eigenvalue weighted by Crippen LogP contribution is -2.57. The van der Waals surface area contributed by atoms with E-state index in [2.05, 4.69) is 16.0 Å². The Bertz CT molecular complexity index is 699. The fourth-order valence-electron chi connectivity index (χ4n) is 2.53. The van der Waals surface area contributed by atoms with Gasteiger partial charge in [0.2, 0.25) is 17.7 Å². The van der Waals surface area contributed by atoms with Gasteiger partial charge in [0.1, 0.15) is 12.1 Å². The van der Waals surface area contributed by atoms with Gasteiger partial charge in [-0.05, 0) is 39.7 Å². The van der Waals surface area contributed by atoms with E-state index in [9.17, 15) is 28.8 Å². The van der Waals surface area contributed by atoms with Crippen LogP contribution in [0.2, 0.25) is 0 Å². The van der Waals surface area contributed by atoms with E-state index in [4.69, 9.17) is 21.7 Å². The summed E-state index contributed by atoms with van der Waals surface area (Å²) in [7, 11) is 0. The predicted octanol–water partition coefficient (Wildman–Crippen LogP) is -2.15. The van der Waals surface area contributed by atoms with Gasteiger partial charge in [0.15, 0.2) is 5.78 Å². The highest BCUT2D eigenvalue weighted by molar-refractivity contribution is 5.96. The average molecular weight is 460 g/mol. The fourth-order valence-corrected chi connectivity index (χ4v) is 2.53. The number of hydrogen-bond acceptors (Lipinski definition) is 8. The molecule has 0 heterocycles. The van der Waals surface area contributed by atoms with E-state index in [0.717, 1.165) is 0 Å². The van der Waals surface area contributed by atoms with Crippen molar-refractivity contribution < 1.29 is 39.0 Å². The molecule has 0 radical (unpaired) electrons. The van der Waals surface area contributed by atoms with Crippen LogP contribution in [0.1, 0.15) is 52.4 Å². The van der Waals surface area contributed by atoms with Gasteiger partial charge in [0.05, 0.1) is 18.5 Å². The van der Waals surface area contributed by atoms with E-state index < -0.39 is 66.7 Å². The Morgan fingerprint density at radius 1 is 0.812 bits per heavy atom. The van der Waals surface area contributed by atoms with Crippen molar-refractivity contribution in [1.82, 2.24) is 16.0 Å². The molecule has 0 aliphatic carbocycles. The van der Waals surface area contributed by atoms with Crippen molar-refractivity contribution in [2.24, 2.45) is 11.5 Å². The number of nitrogens with two attached hydrogens (primary N) is 2. The summed E-state index contributed by atoms with van der Waals surface area (Å²) < 4.78 is 0. The molecule has 0 saturated heterocycles. The normalized spacial score (nSPS) is 14.4. The molecule has 0 aliphatic heterocycles. The lowest BCUT2D eigenvalue weighted by molar-refractivity contribution is -0.141. The Kier molecular flexibility index (Phi) is 13.4. The first-order valence-electron chi connectivity index (χ1n) is 10.2. The molecule has 3 amide bonds. The van der Waals surface area contributed by atoms with E-state index in [-0.39, 0.29) is 12.2 Å². The Morgan fingerprint density at radius 3 is 1.88 bits per heavy atom. The predicted molar refractivity (Wildman–Crippen MR) is 112 cm³/mol. The molecule has 9 N–H and O–H groups in total. The summed E-state index contributed by atoms with van der Waals surface area (Å²) in [5.41, 5.74) is 11.2. The highest BCUT2D eigenvalue weighted by atomic mass is 16.4. The molecule has 0 aromatic heterocycles. The Labute approximate surface area is 185 Å². The standard InChI is InChI=1S/C19H33N5O8/c1-10(11(2)25)22-19(32)14(9-16(28)29)24-18(31)13(6-7-15(26)27)23-17(30)12(21)5-3-4-8-20/h10,12-14H,3-9,20-21H2,1-2H3,(H,22,32)(H,23,30)(H,24,31)(H,26,27)(H,28,29). The Morgan fingerprint density at radius 2 is 1.38 bits per heavy atom. The molecule has 0 bridgehead atoms. The number of carbonyl (C=O) groups excluding carboxylic acids is 4. The fraction of sp³-hybridized carbons (Fsp3) is 0.684. The number of hydrogen-bond donors (Lipinski definition) is 7. The summed E-state index contributed by atoms with van der Waals surface area (Å²) in [6.45, 7) is 3.04. The number of rotatable bonds is 16. The maximum atomic E-state index is 12.7. The third kappa shape index (κ3) is 12.0. The summed E-state index contributed by atoms with van der Waals surface area (Å²) in [5, 5.41) is 24.8. The number of amides is 3. The minimum Gasteiger partial charge on any atom is -0.481 e. The molecule has 4 unspecified atom stereocenters. The highest BCUT2D eigenvalue weighted by Gasteiger charge is 2.30. The van der Waals surface area contributed by atoms with Crippen molar-refractivity contribution >= 4 is 35.4 Å². The smallest absolute Gasteiger partial charge is 0.305 e. The van der Waals surface area contributed by atoms with Crippen LogP contribution in [0, 0.1) is 0 Å². The first-order valence-corrected chi connectivity index (χ1v) is 10.2. The number of aliphatic carboxylic acids is 2. The molecular formula is C19H33N5O8. The van der Waals surface area contributed by atoms with Crippen molar-refractivity contribution in [3.8, 4) is 0 Å². The molecule has 13 heteroatoms. The summed E-state index contributed by atoms with van der Waals surface area (Å²) in [6, 6.07) is -4.79. The lowest BCUT2D eigenvalue weighted by Gasteiger charge is -2.24. The molecular weight excluding hydrogens is 426 g/mol. The first kappa shape index (κ1) is 28.9. The monoisotopic (exact) mass is 459 g/mol. The van der Waals surface area contributed by atoms with E-state index in [1.165, 1.54) is 13.8 Å².